The van der Waals surface area contributed by atoms with Gasteiger partial charge in [0.1, 0.15) is 6.54 Å². The smallest absolute Gasteiger partial charge is 0.325 e. The van der Waals surface area contributed by atoms with Gasteiger partial charge in [0, 0.05) is 22.6 Å². The first-order valence-electron chi connectivity index (χ1n) is 7.62. The zero-order valence-electron chi connectivity index (χ0n) is 12.7. The minimum Gasteiger partial charge on any atom is -0.465 e. The molecule has 0 amide bonds. The fraction of sp³-hybridized carbons (Fsp3) is 0.471. The van der Waals surface area contributed by atoms with E-state index in [4.69, 9.17) is 10.5 Å². The molecule has 1 unspecified atom stereocenters. The Bertz CT molecular complexity index is 688. The fourth-order valence-corrected chi connectivity index (χ4v) is 3.31. The van der Waals surface area contributed by atoms with E-state index in [-0.39, 0.29) is 18.6 Å². The molecule has 1 heterocycles. The summed E-state index contributed by atoms with van der Waals surface area (Å²) in [5.74, 6) is -0.173. The summed E-state index contributed by atoms with van der Waals surface area (Å²) in [6, 6.07) is 6.62. The zero-order valence-corrected chi connectivity index (χ0v) is 12.7. The molecule has 0 radical (unpaired) electrons. The van der Waals surface area contributed by atoms with E-state index in [9.17, 15) is 4.79 Å². The lowest BCUT2D eigenvalue weighted by molar-refractivity contribution is -0.143. The highest BCUT2D eigenvalue weighted by atomic mass is 16.5. The van der Waals surface area contributed by atoms with Crippen molar-refractivity contribution in [3.05, 3.63) is 35.0 Å². The second kappa shape index (κ2) is 5.53. The van der Waals surface area contributed by atoms with Crippen molar-refractivity contribution in [1.29, 1.82) is 0 Å². The number of hydrogen-bond acceptors (Lipinski definition) is 3. The molecule has 0 fully saturated rings. The van der Waals surface area contributed by atoms with E-state index in [1.54, 1.807) is 0 Å². The van der Waals surface area contributed by atoms with Crippen LogP contribution in [-0.4, -0.2) is 23.2 Å². The van der Waals surface area contributed by atoms with Crippen molar-refractivity contribution >= 4 is 16.9 Å². The molecule has 1 aliphatic carbocycles. The third kappa shape index (κ3) is 2.56. The monoisotopic (exact) mass is 286 g/mol. The second-order valence-corrected chi connectivity index (χ2v) is 5.84. The topological polar surface area (TPSA) is 57.2 Å². The lowest BCUT2D eigenvalue weighted by Gasteiger charge is -2.20. The molecule has 0 spiro atoms. The van der Waals surface area contributed by atoms with Crippen molar-refractivity contribution in [2.75, 3.05) is 6.61 Å². The van der Waals surface area contributed by atoms with Crippen LogP contribution in [0.4, 0.5) is 0 Å². The highest BCUT2D eigenvalue weighted by molar-refractivity contribution is 5.88. The molecule has 4 heteroatoms. The standard InChI is InChI=1S/C17H22N2O2/c1-3-21-17(20)10-19-15-6-4-11(2)8-13(15)14-9-12(18)5-7-16(14)19/h4,6,8,12H,3,5,7,9-10,18H2,1-2H3. The van der Waals surface area contributed by atoms with Crippen molar-refractivity contribution < 1.29 is 9.53 Å². The highest BCUT2D eigenvalue weighted by Gasteiger charge is 2.24. The number of carbonyl (C=O) groups excluding carboxylic acids is 1. The van der Waals surface area contributed by atoms with Crippen LogP contribution in [0.5, 0.6) is 0 Å². The first kappa shape index (κ1) is 14.1. The van der Waals surface area contributed by atoms with Crippen LogP contribution in [0.3, 0.4) is 0 Å². The summed E-state index contributed by atoms with van der Waals surface area (Å²) in [6.45, 7) is 4.64. The molecular weight excluding hydrogens is 264 g/mol. The quantitative estimate of drug-likeness (QED) is 0.881. The minimum absolute atomic E-state index is 0.173. The lowest BCUT2D eigenvalue weighted by Crippen LogP contribution is -2.28. The van der Waals surface area contributed by atoms with Crippen LogP contribution in [-0.2, 0) is 28.9 Å². The van der Waals surface area contributed by atoms with Gasteiger partial charge in [-0.25, -0.2) is 0 Å². The van der Waals surface area contributed by atoms with Crippen molar-refractivity contribution in [2.45, 2.75) is 45.7 Å². The van der Waals surface area contributed by atoms with Crippen LogP contribution in [0, 0.1) is 6.92 Å². The van der Waals surface area contributed by atoms with Gasteiger partial charge in [-0.3, -0.25) is 4.79 Å². The molecule has 2 N–H and O–H groups in total. The molecular formula is C17H22N2O2. The number of fused-ring (bicyclic) bond motifs is 3. The molecule has 21 heavy (non-hydrogen) atoms. The molecule has 0 bridgehead atoms. The Morgan fingerprint density at radius 2 is 2.29 bits per heavy atom. The van der Waals surface area contributed by atoms with Crippen LogP contribution >= 0.6 is 0 Å². The molecule has 0 saturated carbocycles. The third-order valence-corrected chi connectivity index (χ3v) is 4.25. The maximum atomic E-state index is 11.9. The molecule has 4 nitrogen and oxygen atoms in total. The van der Waals surface area contributed by atoms with Crippen LogP contribution in [0.2, 0.25) is 0 Å². The molecule has 1 aromatic carbocycles. The van der Waals surface area contributed by atoms with E-state index in [0.717, 1.165) is 24.8 Å². The number of nitrogens with zero attached hydrogens (tertiary/aromatic N) is 1. The second-order valence-electron chi connectivity index (χ2n) is 5.84. The van der Waals surface area contributed by atoms with Gasteiger partial charge < -0.3 is 15.0 Å². The summed E-state index contributed by atoms with van der Waals surface area (Å²) < 4.78 is 7.23. The highest BCUT2D eigenvalue weighted by Crippen LogP contribution is 2.32. The van der Waals surface area contributed by atoms with E-state index < -0.39 is 0 Å². The van der Waals surface area contributed by atoms with Crippen molar-refractivity contribution in [2.24, 2.45) is 5.73 Å². The number of nitrogens with two attached hydrogens (primary N) is 1. The molecule has 2 aromatic rings. The summed E-state index contributed by atoms with van der Waals surface area (Å²) in [4.78, 5) is 11.9. The Morgan fingerprint density at radius 1 is 1.48 bits per heavy atom. The minimum atomic E-state index is -0.173. The van der Waals surface area contributed by atoms with Gasteiger partial charge in [0.25, 0.3) is 0 Å². The summed E-state index contributed by atoms with van der Waals surface area (Å²) >= 11 is 0. The van der Waals surface area contributed by atoms with Crippen molar-refractivity contribution in [1.82, 2.24) is 4.57 Å². The molecule has 0 saturated heterocycles. The van der Waals surface area contributed by atoms with Gasteiger partial charge in [0.2, 0.25) is 0 Å². The normalized spacial score (nSPS) is 17.8. The van der Waals surface area contributed by atoms with E-state index >= 15 is 0 Å². The van der Waals surface area contributed by atoms with Crippen LogP contribution in [0.15, 0.2) is 18.2 Å². The predicted octanol–water partition coefficient (Wildman–Crippen LogP) is 2.33. The number of aromatic nitrogens is 1. The molecule has 112 valence electrons. The Kier molecular flexibility index (Phi) is 3.72. The molecule has 1 atom stereocenters. The number of esters is 1. The Labute approximate surface area is 124 Å². The molecule has 1 aliphatic rings. The van der Waals surface area contributed by atoms with Gasteiger partial charge >= 0.3 is 5.97 Å². The number of hydrogen-bond donors (Lipinski definition) is 1. The summed E-state index contributed by atoms with van der Waals surface area (Å²) in [7, 11) is 0. The number of ether oxygens (including phenoxy) is 1. The first-order valence-corrected chi connectivity index (χ1v) is 7.62. The van der Waals surface area contributed by atoms with Gasteiger partial charge in [0.15, 0.2) is 0 Å². The van der Waals surface area contributed by atoms with Crippen LogP contribution in [0.1, 0.15) is 30.2 Å². The maximum absolute atomic E-state index is 11.9. The largest absolute Gasteiger partial charge is 0.465 e. The SMILES string of the molecule is CCOC(=O)Cn1c2c(c3cc(C)ccc31)CC(N)CC2. The van der Waals surface area contributed by atoms with Crippen LogP contribution < -0.4 is 5.73 Å². The van der Waals surface area contributed by atoms with E-state index in [2.05, 4.69) is 29.7 Å². The lowest BCUT2D eigenvalue weighted by atomic mass is 9.92. The van der Waals surface area contributed by atoms with Gasteiger partial charge in [0.05, 0.1) is 6.61 Å². The summed E-state index contributed by atoms with van der Waals surface area (Å²) in [6.07, 6.45) is 2.81. The van der Waals surface area contributed by atoms with Crippen molar-refractivity contribution in [3.8, 4) is 0 Å². The predicted molar refractivity (Wildman–Crippen MR) is 83.3 cm³/mol. The van der Waals surface area contributed by atoms with Gasteiger partial charge in [-0.15, -0.1) is 0 Å². The summed E-state index contributed by atoms with van der Waals surface area (Å²) in [5, 5.41) is 1.24. The van der Waals surface area contributed by atoms with Gasteiger partial charge in [-0.2, -0.15) is 0 Å². The van der Waals surface area contributed by atoms with E-state index in [0.29, 0.717) is 6.61 Å². The third-order valence-electron chi connectivity index (χ3n) is 4.25. The Hall–Kier alpha value is -1.81. The summed E-state index contributed by atoms with van der Waals surface area (Å²) in [5.41, 5.74) is 11.1. The van der Waals surface area contributed by atoms with E-state index in [1.165, 1.54) is 22.2 Å². The fourth-order valence-electron chi connectivity index (χ4n) is 3.31. The molecule has 1 aromatic heterocycles. The number of benzene rings is 1. The van der Waals surface area contributed by atoms with Crippen LogP contribution in [0.25, 0.3) is 10.9 Å². The number of carbonyl (C=O) groups is 1. The van der Waals surface area contributed by atoms with Gasteiger partial charge in [-0.1, -0.05) is 11.6 Å². The molecule has 3 rings (SSSR count). The average molecular weight is 286 g/mol. The average Bonchev–Trinajstić information content (AvgIpc) is 2.72. The number of aryl methyl sites for hydroxylation is 1. The van der Waals surface area contributed by atoms with Gasteiger partial charge in [-0.05, 0) is 50.8 Å². The Morgan fingerprint density at radius 3 is 3.05 bits per heavy atom. The first-order chi connectivity index (χ1) is 10.1. The number of rotatable bonds is 3. The zero-order chi connectivity index (χ0) is 15.0. The Balaban J connectivity index is 2.12. The molecule has 0 aliphatic heterocycles. The maximum Gasteiger partial charge on any atom is 0.325 e. The van der Waals surface area contributed by atoms with E-state index in [1.807, 2.05) is 6.92 Å². The van der Waals surface area contributed by atoms with Crippen molar-refractivity contribution in [3.63, 3.8) is 0 Å².